The zero-order valence-corrected chi connectivity index (χ0v) is 10.6. The molecule has 1 saturated heterocycles. The summed E-state index contributed by atoms with van der Waals surface area (Å²) in [6.45, 7) is 1.05. The molecule has 1 amide bonds. The molecule has 0 radical (unpaired) electrons. The fraction of sp³-hybridized carbons (Fsp3) is 0.385. The first-order valence-electron chi connectivity index (χ1n) is 6.03. The first-order valence-corrected chi connectivity index (χ1v) is 6.03. The van der Waals surface area contributed by atoms with Crippen molar-refractivity contribution in [2.75, 3.05) is 25.1 Å². The number of rotatable bonds is 4. The molecule has 0 aliphatic carbocycles. The highest BCUT2D eigenvalue weighted by atomic mass is 16.5. The van der Waals surface area contributed by atoms with Crippen LogP contribution in [0.5, 0.6) is 5.75 Å². The van der Waals surface area contributed by atoms with Gasteiger partial charge in [-0.2, -0.15) is 0 Å². The van der Waals surface area contributed by atoms with Crippen LogP contribution in [0, 0.1) is 0 Å². The molecule has 2 rings (SSSR count). The smallest absolute Gasteiger partial charge is 0.305 e. The predicted molar refractivity (Wildman–Crippen MR) is 69.4 cm³/mol. The standard InChI is InChI=1S/C13H16N2O4/c1-19-11-5-3-2-4-10(11)15-7-6-14-9(13(15)18)8-12(16)17/h2-5,9,14H,6-8H2,1H3,(H,16,17). The third kappa shape index (κ3) is 2.85. The number of piperazine rings is 1. The van der Waals surface area contributed by atoms with Crippen LogP contribution in [0.1, 0.15) is 6.42 Å². The minimum Gasteiger partial charge on any atom is -0.495 e. The Bertz CT molecular complexity index is 489. The van der Waals surface area contributed by atoms with Crippen LogP contribution in [-0.2, 0) is 9.59 Å². The van der Waals surface area contributed by atoms with Gasteiger partial charge in [-0.25, -0.2) is 0 Å². The Morgan fingerprint density at radius 3 is 2.95 bits per heavy atom. The van der Waals surface area contributed by atoms with E-state index in [1.54, 1.807) is 24.1 Å². The molecule has 0 aromatic heterocycles. The van der Waals surface area contributed by atoms with E-state index in [2.05, 4.69) is 5.32 Å². The first kappa shape index (κ1) is 13.4. The average molecular weight is 264 g/mol. The van der Waals surface area contributed by atoms with Crippen LogP contribution in [0.25, 0.3) is 0 Å². The summed E-state index contributed by atoms with van der Waals surface area (Å²) in [4.78, 5) is 24.6. The fourth-order valence-electron chi connectivity index (χ4n) is 2.16. The van der Waals surface area contributed by atoms with Gasteiger partial charge in [-0.05, 0) is 12.1 Å². The number of carboxylic acid groups (broad SMARTS) is 1. The van der Waals surface area contributed by atoms with Crippen molar-refractivity contribution in [3.8, 4) is 5.75 Å². The van der Waals surface area contributed by atoms with E-state index in [4.69, 9.17) is 9.84 Å². The summed E-state index contributed by atoms with van der Waals surface area (Å²) in [7, 11) is 1.54. The van der Waals surface area contributed by atoms with Crippen LogP contribution in [0.4, 0.5) is 5.69 Å². The summed E-state index contributed by atoms with van der Waals surface area (Å²) in [5.41, 5.74) is 0.673. The lowest BCUT2D eigenvalue weighted by Crippen LogP contribution is -2.56. The third-order valence-electron chi connectivity index (χ3n) is 3.04. The van der Waals surface area contributed by atoms with Crippen molar-refractivity contribution in [2.45, 2.75) is 12.5 Å². The molecule has 0 bridgehead atoms. The van der Waals surface area contributed by atoms with Gasteiger partial charge in [0.15, 0.2) is 0 Å². The summed E-state index contributed by atoms with van der Waals surface area (Å²) in [6, 6.07) is 6.52. The minimum atomic E-state index is -0.993. The van der Waals surface area contributed by atoms with Crippen LogP contribution >= 0.6 is 0 Å². The van der Waals surface area contributed by atoms with E-state index in [9.17, 15) is 9.59 Å². The molecule has 19 heavy (non-hydrogen) atoms. The van der Waals surface area contributed by atoms with Crippen molar-refractivity contribution in [1.29, 1.82) is 0 Å². The number of anilines is 1. The average Bonchev–Trinajstić information content (AvgIpc) is 2.41. The summed E-state index contributed by atoms with van der Waals surface area (Å²) in [5, 5.41) is 11.7. The van der Waals surface area contributed by atoms with Crippen LogP contribution in [0.2, 0.25) is 0 Å². The van der Waals surface area contributed by atoms with Crippen molar-refractivity contribution in [3.05, 3.63) is 24.3 Å². The molecule has 1 heterocycles. The second kappa shape index (κ2) is 5.71. The Labute approximate surface area is 111 Å². The Balaban J connectivity index is 2.24. The number of benzene rings is 1. The maximum atomic E-state index is 12.3. The van der Waals surface area contributed by atoms with Crippen molar-refractivity contribution in [2.24, 2.45) is 0 Å². The van der Waals surface area contributed by atoms with Crippen molar-refractivity contribution in [1.82, 2.24) is 5.32 Å². The molecule has 1 fully saturated rings. The lowest BCUT2D eigenvalue weighted by Gasteiger charge is -2.33. The van der Waals surface area contributed by atoms with Crippen molar-refractivity contribution >= 4 is 17.6 Å². The molecule has 1 unspecified atom stereocenters. The summed E-state index contributed by atoms with van der Waals surface area (Å²) in [5.74, 6) is -0.627. The zero-order valence-electron chi connectivity index (χ0n) is 10.6. The molecule has 6 heteroatoms. The number of aliphatic carboxylic acids is 1. The topological polar surface area (TPSA) is 78.9 Å². The highest BCUT2D eigenvalue weighted by molar-refractivity contribution is 6.00. The zero-order chi connectivity index (χ0) is 13.8. The Morgan fingerprint density at radius 2 is 2.26 bits per heavy atom. The van der Waals surface area contributed by atoms with E-state index >= 15 is 0 Å². The molecular weight excluding hydrogens is 248 g/mol. The molecule has 2 N–H and O–H groups in total. The van der Waals surface area contributed by atoms with Crippen molar-refractivity contribution in [3.63, 3.8) is 0 Å². The van der Waals surface area contributed by atoms with Gasteiger partial charge in [0.05, 0.1) is 25.3 Å². The molecular formula is C13H16N2O4. The predicted octanol–water partition coefficient (Wildman–Crippen LogP) is 0.475. The molecule has 1 aliphatic heterocycles. The largest absolute Gasteiger partial charge is 0.495 e. The number of carbonyl (C=O) groups excluding carboxylic acids is 1. The molecule has 0 saturated carbocycles. The maximum absolute atomic E-state index is 12.3. The van der Waals surface area contributed by atoms with E-state index in [0.717, 1.165) is 0 Å². The van der Waals surface area contributed by atoms with E-state index in [-0.39, 0.29) is 12.3 Å². The second-order valence-corrected chi connectivity index (χ2v) is 4.27. The molecule has 1 aromatic rings. The lowest BCUT2D eigenvalue weighted by atomic mass is 10.1. The van der Waals surface area contributed by atoms with Crippen LogP contribution in [0.15, 0.2) is 24.3 Å². The van der Waals surface area contributed by atoms with Crippen molar-refractivity contribution < 1.29 is 19.4 Å². The number of ether oxygens (including phenoxy) is 1. The molecule has 1 aromatic carbocycles. The number of para-hydroxylation sites is 2. The monoisotopic (exact) mass is 264 g/mol. The van der Waals surface area contributed by atoms with Gasteiger partial charge in [-0.3, -0.25) is 9.59 Å². The quantitative estimate of drug-likeness (QED) is 0.826. The van der Waals surface area contributed by atoms with E-state index < -0.39 is 12.0 Å². The van der Waals surface area contributed by atoms with Gasteiger partial charge in [-0.1, -0.05) is 12.1 Å². The number of nitrogens with zero attached hydrogens (tertiary/aromatic N) is 1. The highest BCUT2D eigenvalue weighted by Crippen LogP contribution is 2.29. The molecule has 1 atom stereocenters. The molecule has 0 spiro atoms. The second-order valence-electron chi connectivity index (χ2n) is 4.27. The van der Waals surface area contributed by atoms with Gasteiger partial charge in [-0.15, -0.1) is 0 Å². The number of carbonyl (C=O) groups is 2. The van der Waals surface area contributed by atoms with E-state index in [1.165, 1.54) is 0 Å². The van der Waals surface area contributed by atoms with Gasteiger partial charge in [0.25, 0.3) is 0 Å². The normalized spacial score (nSPS) is 19.3. The minimum absolute atomic E-state index is 0.218. The van der Waals surface area contributed by atoms with Gasteiger partial charge >= 0.3 is 5.97 Å². The number of hydrogen-bond donors (Lipinski definition) is 2. The first-order chi connectivity index (χ1) is 9.13. The van der Waals surface area contributed by atoms with Crippen LogP contribution in [0.3, 0.4) is 0 Å². The highest BCUT2D eigenvalue weighted by Gasteiger charge is 2.31. The summed E-state index contributed by atoms with van der Waals surface area (Å²) in [6.07, 6.45) is -0.218. The SMILES string of the molecule is COc1ccccc1N1CCNC(CC(=O)O)C1=O. The number of carboxylic acids is 1. The van der Waals surface area contributed by atoms with Crippen LogP contribution < -0.4 is 15.0 Å². The molecule has 6 nitrogen and oxygen atoms in total. The Hall–Kier alpha value is -2.08. The number of methoxy groups -OCH3 is 1. The van der Waals surface area contributed by atoms with Gasteiger partial charge in [0.2, 0.25) is 5.91 Å². The number of amides is 1. The Kier molecular flexibility index (Phi) is 4.01. The lowest BCUT2D eigenvalue weighted by molar-refractivity contribution is -0.139. The van der Waals surface area contributed by atoms with E-state index in [0.29, 0.717) is 24.5 Å². The number of hydrogen-bond acceptors (Lipinski definition) is 4. The van der Waals surface area contributed by atoms with Crippen LogP contribution in [-0.4, -0.2) is 43.2 Å². The fourth-order valence-corrected chi connectivity index (χ4v) is 2.16. The molecule has 1 aliphatic rings. The van der Waals surface area contributed by atoms with Gasteiger partial charge < -0.3 is 20.1 Å². The van der Waals surface area contributed by atoms with E-state index in [1.807, 2.05) is 12.1 Å². The summed E-state index contributed by atoms with van der Waals surface area (Å²) >= 11 is 0. The van der Waals surface area contributed by atoms with Gasteiger partial charge in [0, 0.05) is 13.1 Å². The maximum Gasteiger partial charge on any atom is 0.305 e. The Morgan fingerprint density at radius 1 is 1.53 bits per heavy atom. The summed E-state index contributed by atoms with van der Waals surface area (Å²) < 4.78 is 5.23. The number of nitrogens with one attached hydrogen (secondary N) is 1. The van der Waals surface area contributed by atoms with Gasteiger partial charge in [0.1, 0.15) is 5.75 Å². The third-order valence-corrected chi connectivity index (χ3v) is 3.04. The molecule has 102 valence electrons.